The first-order valence-corrected chi connectivity index (χ1v) is 6.29. The van der Waals surface area contributed by atoms with Crippen LogP contribution in [0.2, 0.25) is 0 Å². The molecule has 0 saturated heterocycles. The van der Waals surface area contributed by atoms with Crippen molar-refractivity contribution < 1.29 is 0 Å². The number of aromatic nitrogens is 1. The molecule has 3 heteroatoms. The van der Waals surface area contributed by atoms with E-state index in [2.05, 4.69) is 31.0 Å². The summed E-state index contributed by atoms with van der Waals surface area (Å²) in [5, 5.41) is 1.07. The van der Waals surface area contributed by atoms with Crippen LogP contribution < -0.4 is 5.73 Å². The fourth-order valence-corrected chi connectivity index (χ4v) is 2.77. The predicted octanol–water partition coefficient (Wildman–Crippen LogP) is 3.39. The smallest absolute Gasteiger partial charge is 0.123 e. The van der Waals surface area contributed by atoms with Gasteiger partial charge in [-0.3, -0.25) is 0 Å². The highest BCUT2D eigenvalue weighted by atomic mass is 32.1. The summed E-state index contributed by atoms with van der Waals surface area (Å²) >= 11 is 1.70. The molecule has 0 amide bonds. The second kappa shape index (κ2) is 4.76. The van der Waals surface area contributed by atoms with Crippen LogP contribution in [-0.4, -0.2) is 4.98 Å². The van der Waals surface area contributed by atoms with Crippen molar-refractivity contribution in [1.82, 2.24) is 4.98 Å². The van der Waals surface area contributed by atoms with E-state index in [9.17, 15) is 0 Å². The SMILES string of the molecule is CC(C)c1nc(-c2ccccc2)sc1CN. The lowest BCUT2D eigenvalue weighted by atomic mass is 10.1. The molecule has 1 aromatic carbocycles. The second-order valence-electron chi connectivity index (χ2n) is 4.05. The van der Waals surface area contributed by atoms with Crippen LogP contribution in [0.25, 0.3) is 10.6 Å². The number of rotatable bonds is 3. The van der Waals surface area contributed by atoms with Crippen molar-refractivity contribution in [2.24, 2.45) is 5.73 Å². The summed E-state index contributed by atoms with van der Waals surface area (Å²) in [5.41, 5.74) is 8.07. The highest BCUT2D eigenvalue weighted by molar-refractivity contribution is 7.15. The molecular weight excluding hydrogens is 216 g/mol. The molecule has 0 atom stereocenters. The molecule has 1 heterocycles. The van der Waals surface area contributed by atoms with E-state index in [1.54, 1.807) is 11.3 Å². The third kappa shape index (κ3) is 2.15. The maximum absolute atomic E-state index is 5.75. The molecule has 0 aliphatic carbocycles. The van der Waals surface area contributed by atoms with Gasteiger partial charge in [0, 0.05) is 17.0 Å². The van der Waals surface area contributed by atoms with E-state index >= 15 is 0 Å². The van der Waals surface area contributed by atoms with Crippen molar-refractivity contribution >= 4 is 11.3 Å². The van der Waals surface area contributed by atoms with Gasteiger partial charge >= 0.3 is 0 Å². The highest BCUT2D eigenvalue weighted by Crippen LogP contribution is 2.31. The minimum absolute atomic E-state index is 0.437. The van der Waals surface area contributed by atoms with Crippen LogP contribution in [-0.2, 0) is 6.54 Å². The molecule has 0 radical (unpaired) electrons. The highest BCUT2D eigenvalue weighted by Gasteiger charge is 2.13. The summed E-state index contributed by atoms with van der Waals surface area (Å²) in [6.45, 7) is 4.89. The molecule has 84 valence electrons. The lowest BCUT2D eigenvalue weighted by Crippen LogP contribution is -1.99. The zero-order valence-corrected chi connectivity index (χ0v) is 10.4. The van der Waals surface area contributed by atoms with Crippen LogP contribution in [0.15, 0.2) is 30.3 Å². The van der Waals surface area contributed by atoms with E-state index in [-0.39, 0.29) is 0 Å². The van der Waals surface area contributed by atoms with E-state index in [1.165, 1.54) is 10.4 Å². The molecule has 1 aromatic heterocycles. The van der Waals surface area contributed by atoms with Gasteiger partial charge in [0.05, 0.1) is 5.69 Å². The van der Waals surface area contributed by atoms with Gasteiger partial charge < -0.3 is 5.73 Å². The third-order valence-electron chi connectivity index (χ3n) is 2.48. The summed E-state index contributed by atoms with van der Waals surface area (Å²) < 4.78 is 0. The standard InChI is InChI=1S/C13H16N2S/c1-9(2)12-11(8-14)16-13(15-12)10-6-4-3-5-7-10/h3-7,9H,8,14H2,1-2H3. The average Bonchev–Trinajstić information content (AvgIpc) is 2.74. The van der Waals surface area contributed by atoms with E-state index in [4.69, 9.17) is 5.73 Å². The molecule has 2 aromatic rings. The Kier molecular flexibility index (Phi) is 3.36. The number of benzene rings is 1. The molecule has 0 bridgehead atoms. The third-order valence-corrected chi connectivity index (χ3v) is 3.62. The van der Waals surface area contributed by atoms with Crippen LogP contribution in [0.3, 0.4) is 0 Å². The Bertz CT molecular complexity index is 460. The van der Waals surface area contributed by atoms with Crippen LogP contribution in [0.1, 0.15) is 30.3 Å². The number of thiazole rings is 1. The van der Waals surface area contributed by atoms with Crippen LogP contribution in [0.5, 0.6) is 0 Å². The fourth-order valence-electron chi connectivity index (χ4n) is 1.67. The van der Waals surface area contributed by atoms with Crippen molar-refractivity contribution in [2.45, 2.75) is 26.3 Å². The number of hydrogen-bond donors (Lipinski definition) is 1. The first kappa shape index (κ1) is 11.3. The molecule has 0 fully saturated rings. The Hall–Kier alpha value is -1.19. The van der Waals surface area contributed by atoms with Gasteiger partial charge in [0.25, 0.3) is 0 Å². The number of nitrogens with zero attached hydrogens (tertiary/aromatic N) is 1. The molecule has 0 saturated carbocycles. The Labute approximate surface area is 100 Å². The fraction of sp³-hybridized carbons (Fsp3) is 0.308. The number of hydrogen-bond acceptors (Lipinski definition) is 3. The molecule has 0 aliphatic heterocycles. The predicted molar refractivity (Wildman–Crippen MR) is 69.5 cm³/mol. The van der Waals surface area contributed by atoms with Gasteiger partial charge in [-0.15, -0.1) is 11.3 Å². The summed E-state index contributed by atoms with van der Waals surface area (Å²) in [5.74, 6) is 0.437. The first-order chi connectivity index (χ1) is 7.72. The zero-order chi connectivity index (χ0) is 11.5. The molecule has 2 N–H and O–H groups in total. The lowest BCUT2D eigenvalue weighted by Gasteiger charge is -2.01. The van der Waals surface area contributed by atoms with E-state index in [0.29, 0.717) is 12.5 Å². The average molecular weight is 232 g/mol. The maximum Gasteiger partial charge on any atom is 0.123 e. The quantitative estimate of drug-likeness (QED) is 0.881. The van der Waals surface area contributed by atoms with Gasteiger partial charge in [-0.25, -0.2) is 4.98 Å². The van der Waals surface area contributed by atoms with Gasteiger partial charge in [-0.05, 0) is 5.92 Å². The zero-order valence-electron chi connectivity index (χ0n) is 9.60. The van der Waals surface area contributed by atoms with Crippen LogP contribution in [0.4, 0.5) is 0 Å². The Morgan fingerprint density at radius 1 is 1.25 bits per heavy atom. The molecule has 16 heavy (non-hydrogen) atoms. The summed E-state index contributed by atoms with van der Waals surface area (Å²) in [7, 11) is 0. The number of nitrogens with two attached hydrogens (primary N) is 1. The van der Waals surface area contributed by atoms with Crippen molar-refractivity contribution in [3.8, 4) is 10.6 Å². The first-order valence-electron chi connectivity index (χ1n) is 5.47. The van der Waals surface area contributed by atoms with E-state index in [0.717, 1.165) is 10.7 Å². The van der Waals surface area contributed by atoms with E-state index in [1.807, 2.05) is 18.2 Å². The normalized spacial score (nSPS) is 11.0. The van der Waals surface area contributed by atoms with E-state index < -0.39 is 0 Å². The topological polar surface area (TPSA) is 38.9 Å². The van der Waals surface area contributed by atoms with Gasteiger partial charge in [-0.1, -0.05) is 44.2 Å². The van der Waals surface area contributed by atoms with Gasteiger partial charge in [0.1, 0.15) is 5.01 Å². The molecular formula is C13H16N2S. The van der Waals surface area contributed by atoms with Crippen LogP contribution in [0, 0.1) is 0 Å². The Morgan fingerprint density at radius 3 is 2.44 bits per heavy atom. The second-order valence-corrected chi connectivity index (χ2v) is 5.14. The minimum Gasteiger partial charge on any atom is -0.326 e. The summed E-state index contributed by atoms with van der Waals surface area (Å²) in [6, 6.07) is 10.3. The molecule has 2 rings (SSSR count). The summed E-state index contributed by atoms with van der Waals surface area (Å²) in [6.07, 6.45) is 0. The van der Waals surface area contributed by atoms with Crippen molar-refractivity contribution in [3.63, 3.8) is 0 Å². The monoisotopic (exact) mass is 232 g/mol. The van der Waals surface area contributed by atoms with Gasteiger partial charge in [0.2, 0.25) is 0 Å². The van der Waals surface area contributed by atoms with Crippen molar-refractivity contribution in [1.29, 1.82) is 0 Å². The van der Waals surface area contributed by atoms with Crippen LogP contribution >= 0.6 is 11.3 Å². The molecule has 0 unspecified atom stereocenters. The summed E-state index contributed by atoms with van der Waals surface area (Å²) in [4.78, 5) is 5.89. The Balaban J connectivity index is 2.44. The van der Waals surface area contributed by atoms with Crippen molar-refractivity contribution in [2.75, 3.05) is 0 Å². The largest absolute Gasteiger partial charge is 0.326 e. The van der Waals surface area contributed by atoms with Gasteiger partial charge in [-0.2, -0.15) is 0 Å². The Morgan fingerprint density at radius 2 is 1.94 bits per heavy atom. The maximum atomic E-state index is 5.75. The molecule has 0 aliphatic rings. The molecule has 0 spiro atoms. The molecule has 2 nitrogen and oxygen atoms in total. The van der Waals surface area contributed by atoms with Gasteiger partial charge in [0.15, 0.2) is 0 Å². The van der Waals surface area contributed by atoms with Crippen molar-refractivity contribution in [3.05, 3.63) is 40.9 Å². The minimum atomic E-state index is 0.437. The lowest BCUT2D eigenvalue weighted by molar-refractivity contribution is 0.814.